The standard InChI is InChI=1S/C20H29ClN4O3.HI/c1-22-20(25(3)13-16-11-15(21)12-24(16)2)23-10-9-14-7-8-17(26-4)19(28-6)18(14)27-5;/h7-8,11-12H,9-10,13H2,1-6H3,(H,22,23);1H. The van der Waals surface area contributed by atoms with Gasteiger partial charge in [-0.2, -0.15) is 0 Å². The van der Waals surface area contributed by atoms with E-state index in [9.17, 15) is 0 Å². The monoisotopic (exact) mass is 536 g/mol. The minimum Gasteiger partial charge on any atom is -0.493 e. The fraction of sp³-hybridized carbons (Fsp3) is 0.450. The molecule has 1 aromatic carbocycles. The molecule has 162 valence electrons. The molecule has 0 bridgehead atoms. The van der Waals surface area contributed by atoms with Gasteiger partial charge in [-0.3, -0.25) is 4.99 Å². The van der Waals surface area contributed by atoms with Crippen molar-refractivity contribution in [1.82, 2.24) is 14.8 Å². The zero-order valence-corrected chi connectivity index (χ0v) is 20.9. The van der Waals surface area contributed by atoms with Gasteiger partial charge in [-0.05, 0) is 18.6 Å². The van der Waals surface area contributed by atoms with Gasteiger partial charge in [-0.25, -0.2) is 0 Å². The van der Waals surface area contributed by atoms with Crippen LogP contribution in [0.4, 0.5) is 0 Å². The maximum absolute atomic E-state index is 6.07. The number of hydrogen-bond donors (Lipinski definition) is 1. The Morgan fingerprint density at radius 1 is 1.17 bits per heavy atom. The number of nitrogens with one attached hydrogen (secondary N) is 1. The van der Waals surface area contributed by atoms with Crippen LogP contribution in [0.1, 0.15) is 11.3 Å². The number of ether oxygens (including phenoxy) is 3. The summed E-state index contributed by atoms with van der Waals surface area (Å²) >= 11 is 6.07. The highest BCUT2D eigenvalue weighted by Gasteiger charge is 2.16. The van der Waals surface area contributed by atoms with E-state index in [-0.39, 0.29) is 24.0 Å². The van der Waals surface area contributed by atoms with Crippen LogP contribution in [0.25, 0.3) is 0 Å². The molecule has 0 fully saturated rings. The second-order valence-corrected chi connectivity index (χ2v) is 6.77. The molecule has 1 N–H and O–H groups in total. The zero-order chi connectivity index (χ0) is 20.7. The second-order valence-electron chi connectivity index (χ2n) is 6.33. The average Bonchev–Trinajstić information content (AvgIpc) is 3.00. The topological polar surface area (TPSA) is 60.3 Å². The van der Waals surface area contributed by atoms with Crippen molar-refractivity contribution in [2.24, 2.45) is 12.0 Å². The van der Waals surface area contributed by atoms with Gasteiger partial charge in [-0.15, -0.1) is 24.0 Å². The fourth-order valence-electron chi connectivity index (χ4n) is 3.09. The van der Waals surface area contributed by atoms with E-state index in [4.69, 9.17) is 25.8 Å². The molecule has 0 atom stereocenters. The lowest BCUT2D eigenvalue weighted by Gasteiger charge is -2.22. The number of nitrogens with zero attached hydrogens (tertiary/aromatic N) is 3. The minimum atomic E-state index is 0. The molecule has 0 aliphatic carbocycles. The summed E-state index contributed by atoms with van der Waals surface area (Å²) in [7, 11) is 10.6. The van der Waals surface area contributed by atoms with Gasteiger partial charge in [0.1, 0.15) is 0 Å². The summed E-state index contributed by atoms with van der Waals surface area (Å²) in [4.78, 5) is 6.42. The van der Waals surface area contributed by atoms with Crippen molar-refractivity contribution in [2.45, 2.75) is 13.0 Å². The Morgan fingerprint density at radius 3 is 2.38 bits per heavy atom. The van der Waals surface area contributed by atoms with Crippen LogP contribution in [0.2, 0.25) is 5.02 Å². The molecule has 2 aromatic rings. The summed E-state index contributed by atoms with van der Waals surface area (Å²) in [6.45, 7) is 1.39. The quantitative estimate of drug-likeness (QED) is 0.318. The van der Waals surface area contributed by atoms with Crippen molar-refractivity contribution in [2.75, 3.05) is 42.0 Å². The Morgan fingerprint density at radius 2 is 1.86 bits per heavy atom. The molecule has 29 heavy (non-hydrogen) atoms. The molecule has 0 radical (unpaired) electrons. The predicted octanol–water partition coefficient (Wildman–Crippen LogP) is 3.57. The van der Waals surface area contributed by atoms with E-state index in [1.165, 1.54) is 0 Å². The Labute approximate surface area is 195 Å². The molecule has 2 rings (SSSR count). The summed E-state index contributed by atoms with van der Waals surface area (Å²) in [6, 6.07) is 5.83. The molecule has 0 spiro atoms. The van der Waals surface area contributed by atoms with Crippen LogP contribution >= 0.6 is 35.6 Å². The van der Waals surface area contributed by atoms with Gasteiger partial charge < -0.3 is 29.0 Å². The number of rotatable bonds is 8. The van der Waals surface area contributed by atoms with Crippen molar-refractivity contribution in [3.63, 3.8) is 0 Å². The molecule has 9 heteroatoms. The molecule has 0 aliphatic rings. The van der Waals surface area contributed by atoms with Gasteiger partial charge in [-0.1, -0.05) is 17.7 Å². The van der Waals surface area contributed by atoms with E-state index < -0.39 is 0 Å². The third-order valence-electron chi connectivity index (χ3n) is 4.51. The first kappa shape index (κ1) is 25.2. The number of guanidine groups is 1. The van der Waals surface area contributed by atoms with Crippen molar-refractivity contribution in [1.29, 1.82) is 0 Å². The first-order valence-electron chi connectivity index (χ1n) is 8.95. The third kappa shape index (κ3) is 6.33. The third-order valence-corrected chi connectivity index (χ3v) is 4.72. The first-order chi connectivity index (χ1) is 13.4. The Hall–Kier alpha value is -1.81. The lowest BCUT2D eigenvalue weighted by Crippen LogP contribution is -2.39. The SMILES string of the molecule is CN=C(NCCc1ccc(OC)c(OC)c1OC)N(C)Cc1cc(Cl)cn1C.I. The predicted molar refractivity (Wildman–Crippen MR) is 128 cm³/mol. The highest BCUT2D eigenvalue weighted by atomic mass is 127. The molecule has 0 amide bonds. The van der Waals surface area contributed by atoms with Crippen LogP contribution in [-0.4, -0.2) is 57.4 Å². The highest BCUT2D eigenvalue weighted by molar-refractivity contribution is 14.0. The number of methoxy groups -OCH3 is 3. The van der Waals surface area contributed by atoms with Crippen LogP contribution in [0.5, 0.6) is 17.2 Å². The van der Waals surface area contributed by atoms with Gasteiger partial charge >= 0.3 is 0 Å². The zero-order valence-electron chi connectivity index (χ0n) is 17.8. The highest BCUT2D eigenvalue weighted by Crippen LogP contribution is 2.39. The number of halogens is 2. The lowest BCUT2D eigenvalue weighted by atomic mass is 10.1. The lowest BCUT2D eigenvalue weighted by molar-refractivity contribution is 0.322. The molecule has 0 unspecified atom stereocenters. The van der Waals surface area contributed by atoms with Crippen LogP contribution in [0, 0.1) is 0 Å². The van der Waals surface area contributed by atoms with E-state index >= 15 is 0 Å². The van der Waals surface area contributed by atoms with Crippen molar-refractivity contribution < 1.29 is 14.2 Å². The van der Waals surface area contributed by atoms with Crippen LogP contribution in [0.15, 0.2) is 29.4 Å². The van der Waals surface area contributed by atoms with Crippen LogP contribution in [0.3, 0.4) is 0 Å². The van der Waals surface area contributed by atoms with Gasteiger partial charge in [0.05, 0.1) is 32.9 Å². The normalized spacial score (nSPS) is 10.9. The van der Waals surface area contributed by atoms with Crippen molar-refractivity contribution in [3.8, 4) is 17.2 Å². The van der Waals surface area contributed by atoms with E-state index in [1.807, 2.05) is 43.1 Å². The second kappa shape index (κ2) is 12.0. The average molecular weight is 537 g/mol. The van der Waals surface area contributed by atoms with Gasteiger partial charge in [0.25, 0.3) is 0 Å². The summed E-state index contributed by atoms with van der Waals surface area (Å²) in [5.41, 5.74) is 2.14. The number of aryl methyl sites for hydroxylation is 1. The molecule has 1 aromatic heterocycles. The summed E-state index contributed by atoms with van der Waals surface area (Å²) in [5.74, 6) is 2.74. The van der Waals surface area contributed by atoms with Crippen LogP contribution < -0.4 is 19.5 Å². The molecule has 0 saturated carbocycles. The maximum atomic E-state index is 6.07. The molecular formula is C20H30ClIN4O3. The van der Waals surface area contributed by atoms with Gasteiger partial charge in [0.15, 0.2) is 17.5 Å². The summed E-state index contributed by atoms with van der Waals surface area (Å²) < 4.78 is 18.3. The van der Waals surface area contributed by atoms with E-state index in [0.717, 1.165) is 28.7 Å². The van der Waals surface area contributed by atoms with E-state index in [0.29, 0.717) is 30.3 Å². The van der Waals surface area contributed by atoms with Gasteiger partial charge in [0.2, 0.25) is 5.75 Å². The first-order valence-corrected chi connectivity index (χ1v) is 9.33. The van der Waals surface area contributed by atoms with Crippen molar-refractivity contribution in [3.05, 3.63) is 40.7 Å². The smallest absolute Gasteiger partial charge is 0.203 e. The number of aliphatic imine (C=N–C) groups is 1. The molecule has 1 heterocycles. The number of aromatic nitrogens is 1. The maximum Gasteiger partial charge on any atom is 0.203 e. The van der Waals surface area contributed by atoms with Crippen LogP contribution in [-0.2, 0) is 20.0 Å². The molecule has 0 saturated heterocycles. The minimum absolute atomic E-state index is 0. The Kier molecular flexibility index (Phi) is 10.5. The molecule has 7 nitrogen and oxygen atoms in total. The van der Waals surface area contributed by atoms with Gasteiger partial charge in [0, 0.05) is 45.1 Å². The molecule has 0 aliphatic heterocycles. The number of hydrogen-bond acceptors (Lipinski definition) is 4. The van der Waals surface area contributed by atoms with E-state index in [2.05, 4.69) is 15.2 Å². The molecular weight excluding hydrogens is 507 g/mol. The van der Waals surface area contributed by atoms with E-state index in [1.54, 1.807) is 28.4 Å². The Balaban J connectivity index is 0.00000420. The Bertz CT molecular complexity index is 826. The largest absolute Gasteiger partial charge is 0.493 e. The summed E-state index contributed by atoms with van der Waals surface area (Å²) in [6.07, 6.45) is 2.64. The fourth-order valence-corrected chi connectivity index (χ4v) is 3.37. The van der Waals surface area contributed by atoms with Crippen molar-refractivity contribution >= 4 is 41.5 Å². The number of benzene rings is 1. The summed E-state index contributed by atoms with van der Waals surface area (Å²) in [5, 5.41) is 4.12.